The summed E-state index contributed by atoms with van der Waals surface area (Å²) in [5.74, 6) is -0.663. The minimum absolute atomic E-state index is 0.316. The molecule has 3 aromatic carbocycles. The molecule has 2 heterocycles. The number of hydrogen-bond acceptors (Lipinski definition) is 4. The number of rotatable bonds is 5. The molecule has 0 radical (unpaired) electrons. The fourth-order valence-electron chi connectivity index (χ4n) is 5.22. The van der Waals surface area contributed by atoms with Gasteiger partial charge in [0.25, 0.3) is 0 Å². The third kappa shape index (κ3) is 4.09. The summed E-state index contributed by atoms with van der Waals surface area (Å²) in [6.07, 6.45) is 1.84. The fraction of sp³-hybridized carbons (Fsp3) is 0.333. The third-order valence-corrected chi connectivity index (χ3v) is 6.73. The number of aryl methyl sites for hydroxylation is 2. The van der Waals surface area contributed by atoms with Gasteiger partial charge in [0.1, 0.15) is 11.6 Å². The van der Waals surface area contributed by atoms with Crippen molar-refractivity contribution >= 4 is 27.6 Å². The zero-order valence-corrected chi connectivity index (χ0v) is 21.2. The lowest BCUT2D eigenvalue weighted by atomic mass is 9.85. The zero-order valence-electron chi connectivity index (χ0n) is 21.2. The number of nitrogens with zero attached hydrogens (tertiary/aromatic N) is 1. The number of hydrogen-bond donors (Lipinski definition) is 1. The van der Waals surface area contributed by atoms with Crippen LogP contribution in [0.25, 0.3) is 32.8 Å². The average molecular weight is 488 g/mol. The van der Waals surface area contributed by atoms with Crippen LogP contribution in [-0.2, 0) is 22.4 Å². The van der Waals surface area contributed by atoms with E-state index in [4.69, 9.17) is 14.5 Å². The van der Waals surface area contributed by atoms with Crippen LogP contribution in [-0.4, -0.2) is 28.3 Å². The number of carbonyl (C=O) groups is 1. The van der Waals surface area contributed by atoms with Crippen LogP contribution in [0.15, 0.2) is 42.6 Å². The topological polar surface area (TPSA) is 68.7 Å². The predicted octanol–water partition coefficient (Wildman–Crippen LogP) is 6.94. The molecule has 36 heavy (non-hydrogen) atoms. The summed E-state index contributed by atoms with van der Waals surface area (Å²) in [5, 5.41) is 12.7. The molecule has 6 heteroatoms. The minimum Gasteiger partial charge on any atom is -0.493 e. The predicted molar refractivity (Wildman–Crippen MR) is 139 cm³/mol. The SMILES string of the molecule is CCc1cc2cc(C)c([C@@H](OC(C)(C)C)C(=O)O)c(-c3ccc4c5c(ccnc35)CCO4)c2cc1F. The van der Waals surface area contributed by atoms with Crippen LogP contribution in [0.4, 0.5) is 4.39 Å². The van der Waals surface area contributed by atoms with Gasteiger partial charge in [0.2, 0.25) is 0 Å². The summed E-state index contributed by atoms with van der Waals surface area (Å²) >= 11 is 0. The molecule has 0 saturated heterocycles. The molecule has 0 amide bonds. The van der Waals surface area contributed by atoms with Gasteiger partial charge in [0, 0.05) is 29.1 Å². The second-order valence-corrected chi connectivity index (χ2v) is 10.4. The number of carboxylic acid groups (broad SMARTS) is 1. The highest BCUT2D eigenvalue weighted by Crippen LogP contribution is 2.45. The summed E-state index contributed by atoms with van der Waals surface area (Å²) < 4.78 is 27.2. The van der Waals surface area contributed by atoms with Gasteiger partial charge in [-0.15, -0.1) is 0 Å². The van der Waals surface area contributed by atoms with Gasteiger partial charge in [0.15, 0.2) is 6.10 Å². The summed E-state index contributed by atoms with van der Waals surface area (Å²) in [6.45, 7) is 9.88. The molecule has 1 aromatic heterocycles. The van der Waals surface area contributed by atoms with Crippen molar-refractivity contribution in [2.75, 3.05) is 6.61 Å². The number of ether oxygens (including phenoxy) is 2. The smallest absolute Gasteiger partial charge is 0.337 e. The fourth-order valence-corrected chi connectivity index (χ4v) is 5.22. The molecule has 0 fully saturated rings. The van der Waals surface area contributed by atoms with Crippen LogP contribution in [0.3, 0.4) is 0 Å². The van der Waals surface area contributed by atoms with E-state index in [0.29, 0.717) is 40.6 Å². The second-order valence-electron chi connectivity index (χ2n) is 10.4. The molecule has 5 nitrogen and oxygen atoms in total. The maximum Gasteiger partial charge on any atom is 0.337 e. The monoisotopic (exact) mass is 487 g/mol. The van der Waals surface area contributed by atoms with Crippen molar-refractivity contribution in [3.05, 3.63) is 70.7 Å². The molecule has 0 aliphatic carbocycles. The van der Waals surface area contributed by atoms with E-state index in [1.807, 2.05) is 65.0 Å². The first kappa shape index (κ1) is 24.2. The van der Waals surface area contributed by atoms with Gasteiger partial charge >= 0.3 is 5.97 Å². The van der Waals surface area contributed by atoms with Gasteiger partial charge in [0.05, 0.1) is 17.7 Å². The first-order chi connectivity index (χ1) is 17.1. The Morgan fingerprint density at radius 1 is 1.22 bits per heavy atom. The Balaban J connectivity index is 1.94. The number of carboxylic acids is 1. The van der Waals surface area contributed by atoms with Crippen LogP contribution >= 0.6 is 0 Å². The molecular formula is C30H30FNO4. The largest absolute Gasteiger partial charge is 0.493 e. The molecule has 5 rings (SSSR count). The molecule has 4 aromatic rings. The number of benzene rings is 3. The Kier molecular flexibility index (Phi) is 5.95. The van der Waals surface area contributed by atoms with E-state index < -0.39 is 17.7 Å². The normalized spacial score (nSPS) is 14.2. The summed E-state index contributed by atoms with van der Waals surface area (Å²) in [5.41, 5.74) is 4.37. The minimum atomic E-state index is -1.25. The molecule has 0 saturated carbocycles. The lowest BCUT2D eigenvalue weighted by Gasteiger charge is -2.29. The van der Waals surface area contributed by atoms with E-state index in [1.165, 1.54) is 6.07 Å². The van der Waals surface area contributed by atoms with Gasteiger partial charge in [-0.25, -0.2) is 9.18 Å². The van der Waals surface area contributed by atoms with Crippen molar-refractivity contribution < 1.29 is 23.8 Å². The molecule has 1 N–H and O–H groups in total. The highest BCUT2D eigenvalue weighted by Gasteiger charge is 2.33. The van der Waals surface area contributed by atoms with Gasteiger partial charge in [-0.1, -0.05) is 13.0 Å². The van der Waals surface area contributed by atoms with Crippen molar-refractivity contribution in [1.82, 2.24) is 4.98 Å². The van der Waals surface area contributed by atoms with Crippen molar-refractivity contribution in [3.63, 3.8) is 0 Å². The highest BCUT2D eigenvalue weighted by molar-refractivity contribution is 6.09. The van der Waals surface area contributed by atoms with E-state index in [1.54, 1.807) is 6.20 Å². The molecule has 0 bridgehead atoms. The van der Waals surface area contributed by atoms with E-state index in [-0.39, 0.29) is 5.82 Å². The first-order valence-electron chi connectivity index (χ1n) is 12.3. The molecule has 0 spiro atoms. The summed E-state index contributed by atoms with van der Waals surface area (Å²) in [6, 6.07) is 11.1. The van der Waals surface area contributed by atoms with Crippen LogP contribution in [0.5, 0.6) is 5.75 Å². The van der Waals surface area contributed by atoms with E-state index >= 15 is 4.39 Å². The average Bonchev–Trinajstić information content (AvgIpc) is 2.82. The molecule has 1 aliphatic rings. The maximum atomic E-state index is 15.2. The van der Waals surface area contributed by atoms with Crippen LogP contribution in [0, 0.1) is 12.7 Å². The quantitative estimate of drug-likeness (QED) is 0.330. The van der Waals surface area contributed by atoms with Crippen molar-refractivity contribution in [1.29, 1.82) is 0 Å². The van der Waals surface area contributed by atoms with E-state index in [9.17, 15) is 9.90 Å². The Morgan fingerprint density at radius 3 is 2.69 bits per heavy atom. The van der Waals surface area contributed by atoms with Gasteiger partial charge in [-0.2, -0.15) is 0 Å². The van der Waals surface area contributed by atoms with Gasteiger partial charge in [-0.3, -0.25) is 4.98 Å². The standard InChI is InChI=1S/C30H30FNO4/c1-6-17-14-19-13-16(2)24(28(29(33)34)36-30(3,4)5)26(21(19)15-22(17)31)20-7-8-23-25-18(10-12-35-23)9-11-32-27(20)25/h7-9,11,13-15,28H,6,10,12H2,1-5H3,(H,33,34)/t28-/m1/s1. The number of pyridine rings is 1. The molecule has 1 atom stereocenters. The van der Waals surface area contributed by atoms with Crippen molar-refractivity contribution in [2.24, 2.45) is 0 Å². The number of halogens is 1. The lowest BCUT2D eigenvalue weighted by molar-refractivity contribution is -0.160. The zero-order chi connectivity index (χ0) is 25.8. The Bertz CT molecular complexity index is 1510. The second kappa shape index (κ2) is 8.86. The van der Waals surface area contributed by atoms with Crippen LogP contribution in [0.1, 0.15) is 56.1 Å². The van der Waals surface area contributed by atoms with Gasteiger partial charge in [-0.05, 0) is 97.5 Å². The highest BCUT2D eigenvalue weighted by atomic mass is 19.1. The van der Waals surface area contributed by atoms with E-state index in [0.717, 1.165) is 39.6 Å². The molecule has 186 valence electrons. The van der Waals surface area contributed by atoms with Crippen LogP contribution in [0.2, 0.25) is 0 Å². The lowest BCUT2D eigenvalue weighted by Crippen LogP contribution is -2.28. The van der Waals surface area contributed by atoms with Crippen LogP contribution < -0.4 is 4.74 Å². The first-order valence-corrected chi connectivity index (χ1v) is 12.3. The summed E-state index contributed by atoms with van der Waals surface area (Å²) in [7, 11) is 0. The van der Waals surface area contributed by atoms with Crippen molar-refractivity contribution in [2.45, 2.75) is 59.2 Å². The Morgan fingerprint density at radius 2 is 2.00 bits per heavy atom. The molecular weight excluding hydrogens is 457 g/mol. The molecule has 1 aliphatic heterocycles. The number of fused-ring (bicyclic) bond motifs is 1. The van der Waals surface area contributed by atoms with Crippen molar-refractivity contribution in [3.8, 4) is 16.9 Å². The summed E-state index contributed by atoms with van der Waals surface area (Å²) in [4.78, 5) is 17.3. The number of aliphatic carboxylic acids is 1. The Labute approximate surface area is 209 Å². The van der Waals surface area contributed by atoms with Gasteiger partial charge < -0.3 is 14.6 Å². The Hall–Kier alpha value is -3.51. The third-order valence-electron chi connectivity index (χ3n) is 6.73. The maximum absolute atomic E-state index is 15.2. The molecule has 0 unspecified atom stereocenters. The number of aromatic nitrogens is 1. The van der Waals surface area contributed by atoms with E-state index in [2.05, 4.69) is 0 Å².